The van der Waals surface area contributed by atoms with Gasteiger partial charge in [0, 0.05) is 31.1 Å². The third kappa shape index (κ3) is 6.90. The molecule has 1 aromatic rings. The van der Waals surface area contributed by atoms with E-state index in [2.05, 4.69) is 55.0 Å². The maximum Gasteiger partial charge on any atom is 0.338 e. The second-order valence-corrected chi connectivity index (χ2v) is 27.0. The van der Waals surface area contributed by atoms with Crippen molar-refractivity contribution >= 4 is 34.4 Å². The van der Waals surface area contributed by atoms with Crippen molar-refractivity contribution in [2.45, 2.75) is 167 Å². The average molecular weight is 797 g/mol. The van der Waals surface area contributed by atoms with Crippen molar-refractivity contribution in [3.8, 4) is 0 Å². The number of ether oxygens (including phenoxy) is 3. The summed E-state index contributed by atoms with van der Waals surface area (Å²) in [5.74, 6) is -2.96. The highest BCUT2D eigenvalue weighted by molar-refractivity contribution is 6.74. The van der Waals surface area contributed by atoms with E-state index in [4.69, 9.17) is 23.1 Å². The zero-order valence-electron chi connectivity index (χ0n) is 35.4. The van der Waals surface area contributed by atoms with Gasteiger partial charge in [0.15, 0.2) is 22.2 Å². The summed E-state index contributed by atoms with van der Waals surface area (Å²) >= 11 is 0. The molecular weight excluding hydrogens is 729 g/mol. The van der Waals surface area contributed by atoms with Crippen molar-refractivity contribution < 1.29 is 42.6 Å². The monoisotopic (exact) mass is 796 g/mol. The molecule has 9 nitrogen and oxygen atoms in total. The summed E-state index contributed by atoms with van der Waals surface area (Å²) in [6.07, 6.45) is -0.589. The Bertz CT molecular complexity index is 1620. The predicted molar refractivity (Wildman–Crippen MR) is 220 cm³/mol. The van der Waals surface area contributed by atoms with Gasteiger partial charge in [-0.25, -0.2) is 4.79 Å². The Kier molecular flexibility index (Phi) is 12.8. The zero-order valence-corrected chi connectivity index (χ0v) is 37.4. The summed E-state index contributed by atoms with van der Waals surface area (Å²) in [5, 5.41) is 14.0. The molecule has 0 spiro atoms. The minimum atomic E-state index is -2.39. The SMILES string of the molecule is C=CC[C@H]1C(=O)[C@]2(C)[C@@H](O[Si](CC)(CC)CC)C[C@H]3OC[C@@]3(OC(C)=O)[C@H]2[C@H](OC(=O)c2ccccc2)[C@]2(O)C[C@H](O[Si](CC)(CC)CC)C(C)=C1C2(C)C. The topological polar surface area (TPSA) is 118 Å². The fraction of sp³-hybridized carbons (Fsp3) is 0.705. The third-order valence-corrected chi connectivity index (χ3v) is 24.4. The van der Waals surface area contributed by atoms with Crippen molar-refractivity contribution in [3.63, 3.8) is 0 Å². The lowest BCUT2D eigenvalue weighted by Gasteiger charge is -2.68. The van der Waals surface area contributed by atoms with Crippen molar-refractivity contribution in [2.75, 3.05) is 6.61 Å². The molecule has 1 saturated heterocycles. The summed E-state index contributed by atoms with van der Waals surface area (Å²) in [4.78, 5) is 44.0. The Balaban J connectivity index is 1.90. The van der Waals surface area contributed by atoms with Crippen LogP contribution in [-0.4, -0.2) is 81.7 Å². The number of carbonyl (C=O) groups is 3. The molecule has 4 aliphatic rings. The highest BCUT2D eigenvalue weighted by Crippen LogP contribution is 2.66. The minimum absolute atomic E-state index is 0.00336. The first-order valence-electron chi connectivity index (χ1n) is 20.9. The van der Waals surface area contributed by atoms with Gasteiger partial charge in [-0.05, 0) is 79.8 Å². The number of esters is 2. The Morgan fingerprint density at radius 1 is 0.945 bits per heavy atom. The van der Waals surface area contributed by atoms with Gasteiger partial charge < -0.3 is 28.2 Å². The smallest absolute Gasteiger partial charge is 0.338 e. The standard InChI is InChI=1S/C44H68O9Si2/c1-13-23-32-36-29(8)33(52-54(14-2,15-3)16-4)27-44(48,41(36,10)11)39(50-40(47)31-24-21-20-22-25-31)37-42(12,38(32)46)34(53-55(17-5,18-6)19-7)26-35-43(37,28-49-35)51-30(9)45/h13,20-22,24-25,32-35,37,39,48H,1,14-19,23,26-28H2,2-12H3/t32-,33+,34+,35-,37+,39+,42-,43+,44-/m1/s1. The summed E-state index contributed by atoms with van der Waals surface area (Å²) in [6.45, 7) is 26.4. The number of ketones is 1. The lowest BCUT2D eigenvalue weighted by Crippen LogP contribution is -2.82. The average Bonchev–Trinajstić information content (AvgIpc) is 3.16. The molecule has 5 rings (SSSR count). The molecule has 3 fully saturated rings. The van der Waals surface area contributed by atoms with Crippen molar-refractivity contribution in [2.24, 2.45) is 22.7 Å². The van der Waals surface area contributed by atoms with E-state index in [1.807, 2.05) is 26.8 Å². The maximum atomic E-state index is 16.2. The lowest BCUT2D eigenvalue weighted by molar-refractivity contribution is -0.344. The van der Waals surface area contributed by atoms with Crippen LogP contribution >= 0.6 is 0 Å². The summed E-state index contributed by atoms with van der Waals surface area (Å²) in [7, 11) is -4.67. The summed E-state index contributed by atoms with van der Waals surface area (Å²) < 4.78 is 34.3. The number of fused-ring (bicyclic) bond motifs is 5. The van der Waals surface area contributed by atoms with Crippen LogP contribution in [0, 0.1) is 22.7 Å². The fourth-order valence-corrected chi connectivity index (χ4v) is 17.0. The molecule has 0 amide bonds. The van der Waals surface area contributed by atoms with Crippen molar-refractivity contribution in [1.29, 1.82) is 0 Å². The molecule has 1 aromatic carbocycles. The number of rotatable bonds is 15. The van der Waals surface area contributed by atoms with E-state index in [1.54, 1.807) is 30.3 Å². The number of benzene rings is 1. The molecule has 55 heavy (non-hydrogen) atoms. The van der Waals surface area contributed by atoms with E-state index >= 15 is 4.79 Å². The van der Waals surface area contributed by atoms with Gasteiger partial charge in [0.05, 0.1) is 35.7 Å². The molecular formula is C44H68O9Si2. The van der Waals surface area contributed by atoms with Crippen LogP contribution < -0.4 is 0 Å². The molecule has 1 aliphatic heterocycles. The van der Waals surface area contributed by atoms with Gasteiger partial charge in [0.1, 0.15) is 23.6 Å². The highest BCUT2D eigenvalue weighted by Gasteiger charge is 2.78. The fourth-order valence-electron chi connectivity index (χ4n) is 11.2. The van der Waals surface area contributed by atoms with E-state index in [1.165, 1.54) is 6.92 Å². The number of hydrogen-bond donors (Lipinski definition) is 1. The van der Waals surface area contributed by atoms with Crippen LogP contribution in [0.15, 0.2) is 54.1 Å². The van der Waals surface area contributed by atoms with Crippen LogP contribution in [0.1, 0.15) is 106 Å². The van der Waals surface area contributed by atoms with Gasteiger partial charge in [0.25, 0.3) is 0 Å². The van der Waals surface area contributed by atoms with Crippen LogP contribution in [0.3, 0.4) is 0 Å². The number of aliphatic hydroxyl groups is 1. The van der Waals surface area contributed by atoms with Crippen molar-refractivity contribution in [3.05, 3.63) is 59.7 Å². The molecule has 0 unspecified atom stereocenters. The Morgan fingerprint density at radius 3 is 2.00 bits per heavy atom. The summed E-state index contributed by atoms with van der Waals surface area (Å²) in [5.41, 5.74) is -3.59. The quantitative estimate of drug-likeness (QED) is 0.105. The van der Waals surface area contributed by atoms with Crippen molar-refractivity contribution in [1.82, 2.24) is 0 Å². The van der Waals surface area contributed by atoms with Gasteiger partial charge in [-0.2, -0.15) is 0 Å². The Morgan fingerprint density at radius 2 is 1.51 bits per heavy atom. The van der Waals surface area contributed by atoms with Gasteiger partial charge in [-0.15, -0.1) is 6.58 Å². The second kappa shape index (κ2) is 16.1. The molecule has 11 heteroatoms. The third-order valence-electron chi connectivity index (χ3n) is 15.1. The van der Waals surface area contributed by atoms with Gasteiger partial charge in [0.2, 0.25) is 0 Å². The number of carbonyl (C=O) groups excluding carboxylic acids is 3. The first-order valence-corrected chi connectivity index (χ1v) is 26.0. The van der Waals surface area contributed by atoms with Crippen LogP contribution in [0.4, 0.5) is 0 Å². The molecule has 3 aliphatic carbocycles. The number of Topliss-reactive ketones (excluding diaryl/α,β-unsaturated/α-hetero) is 1. The van der Waals surface area contributed by atoms with Crippen LogP contribution in [0.2, 0.25) is 36.3 Å². The van der Waals surface area contributed by atoms with E-state index in [9.17, 15) is 14.7 Å². The number of allylic oxidation sites excluding steroid dienone is 1. The van der Waals surface area contributed by atoms with E-state index in [-0.39, 0.29) is 18.8 Å². The molecule has 0 radical (unpaired) electrons. The first kappa shape index (κ1) is 43.7. The molecule has 2 saturated carbocycles. The molecule has 9 atom stereocenters. The largest absolute Gasteiger partial charge is 0.455 e. The molecule has 306 valence electrons. The molecule has 1 N–H and O–H groups in total. The lowest BCUT2D eigenvalue weighted by atomic mass is 9.43. The van der Waals surface area contributed by atoms with Gasteiger partial charge >= 0.3 is 11.9 Å². The van der Waals surface area contributed by atoms with Gasteiger partial charge in [-0.1, -0.05) is 79.7 Å². The second-order valence-electron chi connectivity index (χ2n) is 17.5. The summed E-state index contributed by atoms with van der Waals surface area (Å²) in [6, 6.07) is 14.0. The molecule has 1 heterocycles. The van der Waals surface area contributed by atoms with Crippen LogP contribution in [-0.2, 0) is 32.7 Å². The molecule has 2 bridgehead atoms. The zero-order chi connectivity index (χ0) is 40.8. The van der Waals surface area contributed by atoms with Gasteiger partial charge in [-0.3, -0.25) is 9.59 Å². The van der Waals surface area contributed by atoms with E-state index in [0.717, 1.165) is 47.4 Å². The minimum Gasteiger partial charge on any atom is -0.455 e. The Hall–Kier alpha value is -2.42. The Labute approximate surface area is 332 Å². The van der Waals surface area contributed by atoms with Crippen LogP contribution in [0.5, 0.6) is 0 Å². The van der Waals surface area contributed by atoms with Crippen LogP contribution in [0.25, 0.3) is 0 Å². The van der Waals surface area contributed by atoms with E-state index < -0.39 is 86.9 Å². The predicted octanol–water partition coefficient (Wildman–Crippen LogP) is 8.97. The number of hydrogen-bond acceptors (Lipinski definition) is 9. The highest BCUT2D eigenvalue weighted by atomic mass is 28.4. The normalized spacial score (nSPS) is 34.4. The molecule has 0 aromatic heterocycles. The first-order chi connectivity index (χ1) is 25.9. The maximum absolute atomic E-state index is 16.2. The van der Waals surface area contributed by atoms with E-state index in [0.29, 0.717) is 18.4 Å².